The maximum Gasteiger partial charge on any atom is 0.246 e. The van der Waals surface area contributed by atoms with Gasteiger partial charge in [-0.25, -0.2) is 4.98 Å². The molecule has 2 aromatic heterocycles. The van der Waals surface area contributed by atoms with Crippen molar-refractivity contribution in [2.45, 2.75) is 44.4 Å². The summed E-state index contributed by atoms with van der Waals surface area (Å²) in [4.78, 5) is 11.2. The summed E-state index contributed by atoms with van der Waals surface area (Å²) in [6.07, 6.45) is 4.05. The van der Waals surface area contributed by atoms with Gasteiger partial charge in [-0.3, -0.25) is 4.90 Å². The third-order valence-electron chi connectivity index (χ3n) is 4.67. The van der Waals surface area contributed by atoms with Crippen molar-refractivity contribution in [1.82, 2.24) is 20.0 Å². The van der Waals surface area contributed by atoms with Crippen molar-refractivity contribution in [3.63, 3.8) is 0 Å². The first-order chi connectivity index (χ1) is 11.8. The van der Waals surface area contributed by atoms with Crippen molar-refractivity contribution in [2.75, 3.05) is 20.3 Å². The molecule has 2 atom stereocenters. The monoisotopic (exact) mass is 330 g/mol. The Morgan fingerprint density at radius 1 is 1.38 bits per heavy atom. The van der Waals surface area contributed by atoms with Crippen molar-refractivity contribution < 1.29 is 14.0 Å². The smallest absolute Gasteiger partial charge is 0.246 e. The predicted octanol–water partition coefficient (Wildman–Crippen LogP) is 2.31. The number of rotatable bonds is 5. The van der Waals surface area contributed by atoms with Gasteiger partial charge in [0, 0.05) is 30.8 Å². The van der Waals surface area contributed by atoms with Crippen molar-refractivity contribution in [2.24, 2.45) is 0 Å². The molecule has 0 bridgehead atoms. The Balaban J connectivity index is 1.59. The molecule has 1 aliphatic heterocycles. The molecule has 128 valence electrons. The molecule has 0 radical (unpaired) electrons. The highest BCUT2D eigenvalue weighted by atomic mass is 16.5. The molecule has 3 heterocycles. The Morgan fingerprint density at radius 3 is 3.04 bits per heavy atom. The van der Waals surface area contributed by atoms with E-state index in [1.807, 2.05) is 12.1 Å². The summed E-state index contributed by atoms with van der Waals surface area (Å²) in [5.74, 6) is 2.61. The zero-order valence-electron chi connectivity index (χ0n) is 14.0. The van der Waals surface area contributed by atoms with Gasteiger partial charge in [-0.1, -0.05) is 11.2 Å². The van der Waals surface area contributed by atoms with Crippen LogP contribution >= 0.6 is 0 Å². The molecule has 1 saturated heterocycles. The first kappa shape index (κ1) is 15.5. The van der Waals surface area contributed by atoms with Crippen molar-refractivity contribution in [3.8, 4) is 5.88 Å². The highest BCUT2D eigenvalue weighted by Crippen LogP contribution is 2.39. The van der Waals surface area contributed by atoms with Crippen LogP contribution in [0.5, 0.6) is 5.88 Å². The summed E-state index contributed by atoms with van der Waals surface area (Å²) in [5.41, 5.74) is 1.04. The molecule has 7 heteroatoms. The van der Waals surface area contributed by atoms with Crippen LogP contribution in [-0.4, -0.2) is 46.4 Å². The zero-order valence-corrected chi connectivity index (χ0v) is 14.0. The van der Waals surface area contributed by atoms with Crippen LogP contribution in [-0.2, 0) is 11.3 Å². The Bertz CT molecular complexity index is 701. The van der Waals surface area contributed by atoms with E-state index in [1.165, 1.54) is 0 Å². The summed E-state index contributed by atoms with van der Waals surface area (Å²) in [5, 5.41) is 4.16. The quantitative estimate of drug-likeness (QED) is 0.833. The molecule has 24 heavy (non-hydrogen) atoms. The summed E-state index contributed by atoms with van der Waals surface area (Å²) in [6, 6.07) is 3.91. The van der Waals surface area contributed by atoms with Gasteiger partial charge in [-0.05, 0) is 25.8 Å². The number of methoxy groups -OCH3 is 1. The Hall–Kier alpha value is -1.99. The van der Waals surface area contributed by atoms with Gasteiger partial charge in [0.05, 0.1) is 19.8 Å². The highest BCUT2D eigenvalue weighted by Gasteiger charge is 2.37. The fourth-order valence-corrected chi connectivity index (χ4v) is 3.24. The predicted molar refractivity (Wildman–Crippen MR) is 85.6 cm³/mol. The van der Waals surface area contributed by atoms with Crippen LogP contribution in [0.15, 0.2) is 22.9 Å². The molecule has 2 aromatic rings. The number of hydrogen-bond acceptors (Lipinski definition) is 7. The first-order valence-electron chi connectivity index (χ1n) is 8.43. The molecule has 0 unspecified atom stereocenters. The minimum Gasteiger partial charge on any atom is -0.481 e. The number of morpholine rings is 1. The van der Waals surface area contributed by atoms with E-state index >= 15 is 0 Å². The average Bonchev–Trinajstić information content (AvgIpc) is 3.34. The average molecular weight is 330 g/mol. The van der Waals surface area contributed by atoms with Crippen molar-refractivity contribution in [1.29, 1.82) is 0 Å². The molecule has 1 saturated carbocycles. The highest BCUT2D eigenvalue weighted by molar-refractivity contribution is 5.25. The van der Waals surface area contributed by atoms with Gasteiger partial charge in [0.25, 0.3) is 0 Å². The van der Waals surface area contributed by atoms with E-state index in [4.69, 9.17) is 14.0 Å². The van der Waals surface area contributed by atoms with Gasteiger partial charge < -0.3 is 14.0 Å². The third kappa shape index (κ3) is 3.01. The third-order valence-corrected chi connectivity index (χ3v) is 4.67. The summed E-state index contributed by atoms with van der Waals surface area (Å²) < 4.78 is 16.8. The van der Waals surface area contributed by atoms with Gasteiger partial charge in [0.2, 0.25) is 11.8 Å². The molecule has 0 spiro atoms. The number of nitrogens with zero attached hydrogens (tertiary/aromatic N) is 4. The van der Waals surface area contributed by atoms with Gasteiger partial charge >= 0.3 is 0 Å². The molecule has 1 aliphatic carbocycles. The maximum atomic E-state index is 5.84. The number of hydrogen-bond donors (Lipinski definition) is 0. The van der Waals surface area contributed by atoms with Crippen LogP contribution in [0.4, 0.5) is 0 Å². The van der Waals surface area contributed by atoms with E-state index in [9.17, 15) is 0 Å². The minimum atomic E-state index is -0.0522. The molecule has 4 rings (SSSR count). The molecule has 0 N–H and O–H groups in total. The maximum absolute atomic E-state index is 5.84. The first-order valence-corrected chi connectivity index (χ1v) is 8.43. The van der Waals surface area contributed by atoms with Crippen LogP contribution in [0.3, 0.4) is 0 Å². The number of aromatic nitrogens is 3. The SMILES string of the molecule is COc1ncccc1CN1CCO[C@H](C)[C@H]1c1nc(C2CC2)no1. The Morgan fingerprint density at radius 2 is 2.25 bits per heavy atom. The molecule has 0 amide bonds. The molecule has 2 fully saturated rings. The van der Waals surface area contributed by atoms with Crippen LogP contribution in [0.2, 0.25) is 0 Å². The minimum absolute atomic E-state index is 0.00563. The lowest BCUT2D eigenvalue weighted by molar-refractivity contribution is -0.0765. The van der Waals surface area contributed by atoms with E-state index in [-0.39, 0.29) is 12.1 Å². The fourth-order valence-electron chi connectivity index (χ4n) is 3.24. The lowest BCUT2D eigenvalue weighted by atomic mass is 10.1. The van der Waals surface area contributed by atoms with Crippen molar-refractivity contribution >= 4 is 0 Å². The van der Waals surface area contributed by atoms with E-state index in [2.05, 4.69) is 26.9 Å². The van der Waals surface area contributed by atoms with Gasteiger partial charge in [0.1, 0.15) is 6.04 Å². The van der Waals surface area contributed by atoms with Gasteiger partial charge in [-0.15, -0.1) is 0 Å². The molecular weight excluding hydrogens is 308 g/mol. The van der Waals surface area contributed by atoms with E-state index in [0.717, 1.165) is 30.8 Å². The van der Waals surface area contributed by atoms with Gasteiger partial charge in [0.15, 0.2) is 5.82 Å². The summed E-state index contributed by atoms with van der Waals surface area (Å²) >= 11 is 0. The Labute approximate surface area is 141 Å². The van der Waals surface area contributed by atoms with E-state index in [0.29, 0.717) is 30.8 Å². The van der Waals surface area contributed by atoms with Crippen LogP contribution in [0.1, 0.15) is 49.0 Å². The zero-order chi connectivity index (χ0) is 16.5. The Kier molecular flexibility index (Phi) is 4.20. The largest absolute Gasteiger partial charge is 0.481 e. The molecule has 0 aromatic carbocycles. The van der Waals surface area contributed by atoms with E-state index in [1.54, 1.807) is 13.3 Å². The van der Waals surface area contributed by atoms with E-state index < -0.39 is 0 Å². The number of pyridine rings is 1. The van der Waals surface area contributed by atoms with Crippen LogP contribution < -0.4 is 4.74 Å². The topological polar surface area (TPSA) is 73.5 Å². The standard InChI is InChI=1S/C17H22N4O3/c1-11-14(17-19-15(20-24-17)12-5-6-12)21(8-9-23-11)10-13-4-3-7-18-16(13)22-2/h3-4,7,11-12,14H,5-6,8-10H2,1-2H3/t11-,14+/m1/s1. The second-order valence-electron chi connectivity index (χ2n) is 6.43. The molecule has 2 aliphatic rings. The summed E-state index contributed by atoms with van der Waals surface area (Å²) in [6.45, 7) is 4.24. The normalized spacial score (nSPS) is 24.9. The fraction of sp³-hybridized carbons (Fsp3) is 0.588. The van der Waals surface area contributed by atoms with Gasteiger partial charge in [-0.2, -0.15) is 4.98 Å². The number of ether oxygens (including phenoxy) is 2. The van der Waals surface area contributed by atoms with Crippen LogP contribution in [0, 0.1) is 0 Å². The molecular formula is C17H22N4O3. The molecule has 7 nitrogen and oxygen atoms in total. The van der Waals surface area contributed by atoms with Crippen molar-refractivity contribution in [3.05, 3.63) is 35.6 Å². The lowest BCUT2D eigenvalue weighted by Crippen LogP contribution is -2.43. The van der Waals surface area contributed by atoms with Crippen LogP contribution in [0.25, 0.3) is 0 Å². The second-order valence-corrected chi connectivity index (χ2v) is 6.43. The summed E-state index contributed by atoms with van der Waals surface area (Å²) in [7, 11) is 1.64. The second kappa shape index (κ2) is 6.49. The lowest BCUT2D eigenvalue weighted by Gasteiger charge is -2.37.